The predicted octanol–water partition coefficient (Wildman–Crippen LogP) is 3.98. The van der Waals surface area contributed by atoms with E-state index in [0.717, 1.165) is 16.6 Å². The van der Waals surface area contributed by atoms with E-state index in [2.05, 4.69) is 15.0 Å². The third-order valence-electron chi connectivity index (χ3n) is 3.95. The lowest BCUT2D eigenvalue weighted by Crippen LogP contribution is -1.99. The number of hydrogen-bond acceptors (Lipinski definition) is 7. The van der Waals surface area contributed by atoms with Crippen LogP contribution in [0.2, 0.25) is 0 Å². The van der Waals surface area contributed by atoms with Crippen molar-refractivity contribution in [2.24, 2.45) is 0 Å². The SMILES string of the molecule is COc1cc(Oc2nccc3occc23)ccc1-c1ncc(N)nc1C. The number of anilines is 1. The Hall–Kier alpha value is -3.61. The molecule has 3 heterocycles. The highest BCUT2D eigenvalue weighted by atomic mass is 16.5. The standard InChI is InChI=1S/C19H16N4O3/c1-11-18(22-10-17(20)23-11)13-4-3-12(9-16(13)24-2)26-19-14-6-8-25-15(14)5-7-21-19/h3-10H,1-2H3,(H2,20,23). The molecule has 7 heteroatoms. The third kappa shape index (κ3) is 2.79. The molecule has 26 heavy (non-hydrogen) atoms. The van der Waals surface area contributed by atoms with Crippen molar-refractivity contribution < 1.29 is 13.9 Å². The number of hydrogen-bond donors (Lipinski definition) is 1. The van der Waals surface area contributed by atoms with Crippen LogP contribution < -0.4 is 15.2 Å². The first-order valence-electron chi connectivity index (χ1n) is 7.93. The highest BCUT2D eigenvalue weighted by Gasteiger charge is 2.14. The van der Waals surface area contributed by atoms with Crippen molar-refractivity contribution in [3.05, 3.63) is 54.7 Å². The van der Waals surface area contributed by atoms with Crippen LogP contribution in [0.4, 0.5) is 5.82 Å². The lowest BCUT2D eigenvalue weighted by Gasteiger charge is -2.12. The predicted molar refractivity (Wildman–Crippen MR) is 97.3 cm³/mol. The summed E-state index contributed by atoms with van der Waals surface area (Å²) in [6.45, 7) is 1.85. The maximum absolute atomic E-state index is 5.93. The van der Waals surface area contributed by atoms with Crippen LogP contribution in [0.1, 0.15) is 5.69 Å². The molecule has 0 aliphatic carbocycles. The summed E-state index contributed by atoms with van der Waals surface area (Å²) in [5.74, 6) is 2.05. The first-order valence-corrected chi connectivity index (χ1v) is 7.93. The topological polar surface area (TPSA) is 96.3 Å². The van der Waals surface area contributed by atoms with Crippen molar-refractivity contribution in [1.82, 2.24) is 15.0 Å². The zero-order valence-electron chi connectivity index (χ0n) is 14.3. The molecule has 0 radical (unpaired) electrons. The number of aromatic nitrogens is 3. The second-order valence-corrected chi connectivity index (χ2v) is 5.64. The van der Waals surface area contributed by atoms with E-state index < -0.39 is 0 Å². The molecule has 4 aromatic rings. The molecule has 1 aromatic carbocycles. The Labute approximate surface area is 149 Å². The first-order chi connectivity index (χ1) is 12.7. The van der Waals surface area contributed by atoms with Crippen molar-refractivity contribution in [2.75, 3.05) is 12.8 Å². The largest absolute Gasteiger partial charge is 0.496 e. The Morgan fingerprint density at radius 3 is 2.81 bits per heavy atom. The number of methoxy groups -OCH3 is 1. The highest BCUT2D eigenvalue weighted by molar-refractivity contribution is 5.82. The Morgan fingerprint density at radius 2 is 2.00 bits per heavy atom. The van der Waals surface area contributed by atoms with Gasteiger partial charge < -0.3 is 19.6 Å². The molecule has 0 aliphatic rings. The molecule has 0 saturated heterocycles. The molecule has 0 fully saturated rings. The van der Waals surface area contributed by atoms with Crippen LogP contribution >= 0.6 is 0 Å². The van der Waals surface area contributed by atoms with Gasteiger partial charge in [0.2, 0.25) is 5.88 Å². The van der Waals surface area contributed by atoms with Gasteiger partial charge in [0.1, 0.15) is 22.9 Å². The van der Waals surface area contributed by atoms with Crippen molar-refractivity contribution >= 4 is 16.8 Å². The van der Waals surface area contributed by atoms with Gasteiger partial charge in [0, 0.05) is 17.8 Å². The van der Waals surface area contributed by atoms with Crippen LogP contribution in [-0.4, -0.2) is 22.1 Å². The number of furan rings is 1. The van der Waals surface area contributed by atoms with E-state index in [1.54, 1.807) is 31.7 Å². The Morgan fingerprint density at radius 1 is 1.12 bits per heavy atom. The van der Waals surface area contributed by atoms with Crippen LogP contribution in [0.15, 0.2) is 53.4 Å². The quantitative estimate of drug-likeness (QED) is 0.596. The monoisotopic (exact) mass is 348 g/mol. The Kier molecular flexibility index (Phi) is 3.89. The number of benzene rings is 1. The molecule has 0 saturated carbocycles. The minimum Gasteiger partial charge on any atom is -0.496 e. The average molecular weight is 348 g/mol. The second kappa shape index (κ2) is 6.36. The van der Waals surface area contributed by atoms with Crippen LogP contribution in [0, 0.1) is 6.92 Å². The fourth-order valence-electron chi connectivity index (χ4n) is 2.76. The van der Waals surface area contributed by atoms with Crippen LogP contribution in [-0.2, 0) is 0 Å². The molecule has 130 valence electrons. The van der Waals surface area contributed by atoms with Gasteiger partial charge >= 0.3 is 0 Å². The summed E-state index contributed by atoms with van der Waals surface area (Å²) in [4.78, 5) is 12.9. The van der Waals surface area contributed by atoms with E-state index in [4.69, 9.17) is 19.6 Å². The number of nitrogens with zero attached hydrogens (tertiary/aromatic N) is 3. The van der Waals surface area contributed by atoms with E-state index in [1.165, 1.54) is 6.20 Å². The highest BCUT2D eigenvalue weighted by Crippen LogP contribution is 2.36. The number of nitrogens with two attached hydrogens (primary N) is 1. The van der Waals surface area contributed by atoms with Crippen molar-refractivity contribution in [1.29, 1.82) is 0 Å². The summed E-state index contributed by atoms with van der Waals surface area (Å²) in [6.07, 6.45) is 4.77. The summed E-state index contributed by atoms with van der Waals surface area (Å²) < 4.78 is 16.8. The van der Waals surface area contributed by atoms with E-state index in [1.807, 2.05) is 25.1 Å². The van der Waals surface area contributed by atoms with Crippen LogP contribution in [0.3, 0.4) is 0 Å². The van der Waals surface area contributed by atoms with Crippen molar-refractivity contribution in [2.45, 2.75) is 6.92 Å². The summed E-state index contributed by atoms with van der Waals surface area (Å²) in [5.41, 5.74) is 8.63. The Balaban J connectivity index is 1.72. The zero-order valence-corrected chi connectivity index (χ0v) is 14.3. The van der Waals surface area contributed by atoms with Gasteiger partial charge in [0.15, 0.2) is 0 Å². The number of ether oxygens (including phenoxy) is 2. The molecule has 0 unspecified atom stereocenters. The van der Waals surface area contributed by atoms with Gasteiger partial charge in [-0.1, -0.05) is 0 Å². The smallest absolute Gasteiger partial charge is 0.230 e. The maximum Gasteiger partial charge on any atom is 0.230 e. The van der Waals surface area contributed by atoms with Gasteiger partial charge in [-0.05, 0) is 31.2 Å². The minimum absolute atomic E-state index is 0.379. The summed E-state index contributed by atoms with van der Waals surface area (Å²) in [6, 6.07) is 9.09. The maximum atomic E-state index is 5.93. The molecule has 3 aromatic heterocycles. The normalized spacial score (nSPS) is 10.8. The number of pyridine rings is 1. The fourth-order valence-corrected chi connectivity index (χ4v) is 2.76. The summed E-state index contributed by atoms with van der Waals surface area (Å²) >= 11 is 0. The molecular weight excluding hydrogens is 332 g/mol. The molecule has 2 N–H and O–H groups in total. The number of rotatable bonds is 4. The molecule has 7 nitrogen and oxygen atoms in total. The second-order valence-electron chi connectivity index (χ2n) is 5.64. The summed E-state index contributed by atoms with van der Waals surface area (Å²) in [5, 5.41) is 0.802. The van der Waals surface area contributed by atoms with Crippen LogP contribution in [0.5, 0.6) is 17.4 Å². The van der Waals surface area contributed by atoms with E-state index >= 15 is 0 Å². The lowest BCUT2D eigenvalue weighted by molar-refractivity contribution is 0.409. The molecule has 0 bridgehead atoms. The third-order valence-corrected chi connectivity index (χ3v) is 3.95. The zero-order chi connectivity index (χ0) is 18.1. The van der Waals surface area contributed by atoms with E-state index in [9.17, 15) is 0 Å². The summed E-state index contributed by atoms with van der Waals surface area (Å²) in [7, 11) is 1.59. The molecular formula is C19H16N4O3. The number of aryl methyl sites for hydroxylation is 1. The molecule has 0 spiro atoms. The van der Waals surface area contributed by atoms with Crippen molar-refractivity contribution in [3.8, 4) is 28.6 Å². The van der Waals surface area contributed by atoms with Gasteiger partial charge in [-0.25, -0.2) is 9.97 Å². The van der Waals surface area contributed by atoms with Crippen molar-refractivity contribution in [3.63, 3.8) is 0 Å². The van der Waals surface area contributed by atoms with E-state index in [0.29, 0.717) is 34.5 Å². The fraction of sp³-hybridized carbons (Fsp3) is 0.105. The Bertz CT molecular complexity index is 1090. The molecule has 0 amide bonds. The average Bonchev–Trinajstić information content (AvgIpc) is 3.12. The number of fused-ring (bicyclic) bond motifs is 1. The molecule has 0 aliphatic heterocycles. The van der Waals surface area contributed by atoms with Gasteiger partial charge in [-0.2, -0.15) is 0 Å². The lowest BCUT2D eigenvalue weighted by atomic mass is 10.1. The minimum atomic E-state index is 0.379. The molecule has 0 atom stereocenters. The van der Waals surface area contributed by atoms with Gasteiger partial charge in [-0.3, -0.25) is 4.98 Å². The van der Waals surface area contributed by atoms with Gasteiger partial charge in [0.05, 0.1) is 36.3 Å². The number of nitrogen functional groups attached to an aromatic ring is 1. The van der Waals surface area contributed by atoms with E-state index in [-0.39, 0.29) is 0 Å². The van der Waals surface area contributed by atoms with Crippen LogP contribution in [0.25, 0.3) is 22.2 Å². The van der Waals surface area contributed by atoms with Gasteiger partial charge in [0.25, 0.3) is 0 Å². The first kappa shape index (κ1) is 15.9. The molecule has 4 rings (SSSR count). The van der Waals surface area contributed by atoms with Gasteiger partial charge in [-0.15, -0.1) is 0 Å².